The molecule has 9 heteroatoms. The molecule has 0 radical (unpaired) electrons. The number of carbonyl (C=O) groups excluding carboxylic acids is 2. The number of esters is 1. The predicted molar refractivity (Wildman–Crippen MR) is 90.7 cm³/mol. The second-order valence-electron chi connectivity index (χ2n) is 5.85. The minimum absolute atomic E-state index is 0.0333. The Labute approximate surface area is 150 Å². The van der Waals surface area contributed by atoms with E-state index in [4.69, 9.17) is 16.3 Å². The molecule has 1 saturated heterocycles. The molecule has 2 atom stereocenters. The molecular weight excluding hydrogens is 373 g/mol. The Morgan fingerprint density at radius 3 is 2.64 bits per heavy atom. The van der Waals surface area contributed by atoms with Crippen LogP contribution in [-0.2, 0) is 19.4 Å². The average Bonchev–Trinajstić information content (AvgIpc) is 2.87. The van der Waals surface area contributed by atoms with Gasteiger partial charge in [0.15, 0.2) is 15.9 Å². The largest absolute Gasteiger partial charge is 0.449 e. The lowest BCUT2D eigenvalue weighted by Crippen LogP contribution is -2.46. The van der Waals surface area contributed by atoms with Crippen LogP contribution in [-0.4, -0.2) is 55.4 Å². The molecule has 0 N–H and O–H groups in total. The van der Waals surface area contributed by atoms with E-state index in [0.29, 0.717) is 6.42 Å². The third kappa shape index (κ3) is 4.70. The van der Waals surface area contributed by atoms with Crippen molar-refractivity contribution in [1.82, 2.24) is 4.90 Å². The zero-order valence-electron chi connectivity index (χ0n) is 13.9. The number of benzene rings is 1. The number of likely N-dealkylation sites (N-methyl/N-ethyl adjacent to an activating group) is 1. The molecule has 1 fully saturated rings. The van der Waals surface area contributed by atoms with Gasteiger partial charge in [-0.2, -0.15) is 0 Å². The summed E-state index contributed by atoms with van der Waals surface area (Å²) < 4.78 is 42.0. The molecule has 0 spiro atoms. The van der Waals surface area contributed by atoms with Gasteiger partial charge in [0.25, 0.3) is 5.91 Å². The maximum absolute atomic E-state index is 13.8. The van der Waals surface area contributed by atoms with Crippen molar-refractivity contribution in [3.05, 3.63) is 34.6 Å². The molecular formula is C16H19ClFNO5S. The van der Waals surface area contributed by atoms with E-state index >= 15 is 0 Å². The predicted octanol–water partition coefficient (Wildman–Crippen LogP) is 2.06. The highest BCUT2D eigenvalue weighted by molar-refractivity contribution is 7.91. The van der Waals surface area contributed by atoms with E-state index < -0.39 is 39.7 Å². The van der Waals surface area contributed by atoms with Crippen LogP contribution in [0.3, 0.4) is 0 Å². The van der Waals surface area contributed by atoms with Crippen molar-refractivity contribution < 1.29 is 27.1 Å². The first kappa shape index (κ1) is 19.7. The van der Waals surface area contributed by atoms with Crippen LogP contribution >= 0.6 is 11.6 Å². The minimum atomic E-state index is -3.15. The normalized spacial score (nSPS) is 20.1. The lowest BCUT2D eigenvalue weighted by molar-refractivity contribution is -0.141. The van der Waals surface area contributed by atoms with Crippen molar-refractivity contribution in [1.29, 1.82) is 0 Å². The fourth-order valence-corrected chi connectivity index (χ4v) is 4.67. The Morgan fingerprint density at radius 2 is 2.12 bits per heavy atom. The smallest absolute Gasteiger partial charge is 0.341 e. The molecule has 2 rings (SSSR count). The molecule has 0 unspecified atom stereocenters. The molecule has 0 bridgehead atoms. The van der Waals surface area contributed by atoms with Crippen molar-refractivity contribution >= 4 is 33.3 Å². The van der Waals surface area contributed by atoms with Crippen LogP contribution in [0.5, 0.6) is 0 Å². The Kier molecular flexibility index (Phi) is 6.05. The third-order valence-corrected chi connectivity index (χ3v) is 6.04. The number of rotatable bonds is 5. The molecule has 0 aromatic heterocycles. The van der Waals surface area contributed by atoms with Gasteiger partial charge in [0, 0.05) is 17.6 Å². The van der Waals surface area contributed by atoms with Gasteiger partial charge in [0.2, 0.25) is 0 Å². The number of carbonyl (C=O) groups is 2. The van der Waals surface area contributed by atoms with E-state index in [0.717, 1.165) is 6.07 Å². The van der Waals surface area contributed by atoms with Gasteiger partial charge < -0.3 is 9.64 Å². The fraction of sp³-hybridized carbons (Fsp3) is 0.500. The summed E-state index contributed by atoms with van der Waals surface area (Å²) in [6.45, 7) is 3.38. The van der Waals surface area contributed by atoms with Gasteiger partial charge in [-0.15, -0.1) is 0 Å². The summed E-state index contributed by atoms with van der Waals surface area (Å²) >= 11 is 5.63. The van der Waals surface area contributed by atoms with Gasteiger partial charge in [-0.25, -0.2) is 17.6 Å². The van der Waals surface area contributed by atoms with Crippen LogP contribution in [0.15, 0.2) is 18.2 Å². The summed E-state index contributed by atoms with van der Waals surface area (Å²) in [7, 11) is -3.15. The Balaban J connectivity index is 2.06. The average molecular weight is 392 g/mol. The first-order chi connectivity index (χ1) is 11.6. The van der Waals surface area contributed by atoms with Crippen LogP contribution in [0.4, 0.5) is 4.39 Å². The van der Waals surface area contributed by atoms with Crippen molar-refractivity contribution in [2.75, 3.05) is 18.1 Å². The van der Waals surface area contributed by atoms with Crippen molar-refractivity contribution in [3.63, 3.8) is 0 Å². The molecule has 0 saturated carbocycles. The molecule has 1 aromatic carbocycles. The first-order valence-electron chi connectivity index (χ1n) is 7.81. The highest BCUT2D eigenvalue weighted by Crippen LogP contribution is 2.20. The fourth-order valence-electron chi connectivity index (χ4n) is 2.78. The topological polar surface area (TPSA) is 80.8 Å². The van der Waals surface area contributed by atoms with Crippen LogP contribution in [0.2, 0.25) is 5.02 Å². The van der Waals surface area contributed by atoms with Crippen LogP contribution in [0, 0.1) is 5.82 Å². The van der Waals surface area contributed by atoms with Gasteiger partial charge in [0.05, 0.1) is 17.1 Å². The van der Waals surface area contributed by atoms with E-state index in [1.54, 1.807) is 6.92 Å². The second kappa shape index (κ2) is 7.70. The summed E-state index contributed by atoms with van der Waals surface area (Å²) in [5.74, 6) is -2.39. The molecule has 1 aliphatic rings. The SMILES string of the molecule is CCN(C(=O)[C@@H](C)OC(=O)c1ccc(Cl)cc1F)[C@H]1CCS(=O)(=O)C1. The van der Waals surface area contributed by atoms with Gasteiger partial charge >= 0.3 is 5.97 Å². The Bertz CT molecular complexity index is 783. The molecule has 0 aliphatic carbocycles. The molecule has 138 valence electrons. The third-order valence-electron chi connectivity index (χ3n) is 4.06. The number of hydrogen-bond donors (Lipinski definition) is 0. The zero-order valence-corrected chi connectivity index (χ0v) is 15.4. The summed E-state index contributed by atoms with van der Waals surface area (Å²) in [6, 6.07) is 3.07. The quantitative estimate of drug-likeness (QED) is 0.718. The number of sulfone groups is 1. The number of ether oxygens (including phenoxy) is 1. The van der Waals surface area contributed by atoms with Gasteiger partial charge in [-0.3, -0.25) is 4.79 Å². The van der Waals surface area contributed by atoms with E-state index in [1.165, 1.54) is 24.0 Å². The van der Waals surface area contributed by atoms with E-state index in [9.17, 15) is 22.4 Å². The molecule has 1 amide bonds. The second-order valence-corrected chi connectivity index (χ2v) is 8.52. The van der Waals surface area contributed by atoms with E-state index in [-0.39, 0.29) is 28.6 Å². The summed E-state index contributed by atoms with van der Waals surface area (Å²) in [6.07, 6.45) is -0.806. The highest BCUT2D eigenvalue weighted by atomic mass is 35.5. The van der Waals surface area contributed by atoms with Crippen LogP contribution in [0.25, 0.3) is 0 Å². The molecule has 6 nitrogen and oxygen atoms in total. The number of hydrogen-bond acceptors (Lipinski definition) is 5. The summed E-state index contributed by atoms with van der Waals surface area (Å²) in [5, 5.41) is 0.137. The van der Waals surface area contributed by atoms with Crippen molar-refractivity contribution in [3.8, 4) is 0 Å². The monoisotopic (exact) mass is 391 g/mol. The standard InChI is InChI=1S/C16H19ClFNO5S/c1-3-19(12-6-7-25(22,23)9-12)15(20)10(2)24-16(21)13-5-4-11(17)8-14(13)18/h4-5,8,10,12H,3,6-7,9H2,1-2H3/t10-,12+/m1/s1. The van der Waals surface area contributed by atoms with Gasteiger partial charge in [-0.1, -0.05) is 11.6 Å². The van der Waals surface area contributed by atoms with Crippen molar-refractivity contribution in [2.24, 2.45) is 0 Å². The van der Waals surface area contributed by atoms with Crippen molar-refractivity contribution in [2.45, 2.75) is 32.4 Å². The minimum Gasteiger partial charge on any atom is -0.449 e. The first-order valence-corrected chi connectivity index (χ1v) is 10.0. The maximum Gasteiger partial charge on any atom is 0.341 e. The molecule has 1 aromatic rings. The highest BCUT2D eigenvalue weighted by Gasteiger charge is 2.36. The zero-order chi connectivity index (χ0) is 18.8. The molecule has 1 aliphatic heterocycles. The number of halogens is 2. The molecule has 25 heavy (non-hydrogen) atoms. The maximum atomic E-state index is 13.8. The number of nitrogens with zero attached hydrogens (tertiary/aromatic N) is 1. The lowest BCUT2D eigenvalue weighted by Gasteiger charge is -2.29. The Morgan fingerprint density at radius 1 is 1.44 bits per heavy atom. The number of amides is 1. The van der Waals surface area contributed by atoms with Gasteiger partial charge in [-0.05, 0) is 38.5 Å². The van der Waals surface area contributed by atoms with E-state index in [1.807, 2.05) is 0 Å². The summed E-state index contributed by atoms with van der Waals surface area (Å²) in [5.41, 5.74) is -0.324. The Hall–Kier alpha value is -1.67. The van der Waals surface area contributed by atoms with Crippen LogP contribution in [0.1, 0.15) is 30.6 Å². The lowest BCUT2D eigenvalue weighted by atomic mass is 10.2. The molecule has 1 heterocycles. The van der Waals surface area contributed by atoms with Crippen LogP contribution < -0.4 is 0 Å². The summed E-state index contributed by atoms with van der Waals surface area (Å²) in [4.78, 5) is 26.0. The van der Waals surface area contributed by atoms with E-state index in [2.05, 4.69) is 0 Å². The van der Waals surface area contributed by atoms with Gasteiger partial charge in [0.1, 0.15) is 5.82 Å².